The van der Waals surface area contributed by atoms with E-state index in [-0.39, 0.29) is 11.8 Å². The van der Waals surface area contributed by atoms with Crippen molar-refractivity contribution in [3.8, 4) is 0 Å². The largest absolute Gasteiger partial charge is 0.369 e. The molecule has 0 atom stereocenters. The monoisotopic (exact) mass is 606 g/mol. The van der Waals surface area contributed by atoms with E-state index in [9.17, 15) is 17.6 Å². The van der Waals surface area contributed by atoms with Crippen molar-refractivity contribution in [3.05, 3.63) is 71.7 Å². The number of hydrogen-bond donors (Lipinski definition) is 3. The molecule has 2 aromatic heterocycles. The van der Waals surface area contributed by atoms with Gasteiger partial charge in [0.2, 0.25) is 16.0 Å². The van der Waals surface area contributed by atoms with Gasteiger partial charge in [-0.05, 0) is 68.4 Å². The summed E-state index contributed by atoms with van der Waals surface area (Å²) in [6, 6.07) is 13.5. The van der Waals surface area contributed by atoms with E-state index in [1.165, 1.54) is 34.8 Å². The third-order valence-electron chi connectivity index (χ3n) is 8.14. The number of nitrogens with zero attached hydrogens (tertiary/aromatic N) is 5. The molecule has 0 unspecified atom stereocenters. The Morgan fingerprint density at radius 2 is 1.63 bits per heavy atom. The number of H-pyrrole nitrogens is 1. The molecule has 13 heteroatoms. The standard InChI is InChI=1S/C30H35FN8O3S/c1-37-15-17-38(18-16-37)24-9-7-22(8-10-24)34-30-35-28-26(25(19-32-28)27(40)20-3-5-21(31)6-4-20)29(36-30)33-23-11-13-39(14-12-23)43(2,41)42/h3-10,19,23H,11-18H2,1-2H3,(H3,32,33,34,35,36). The van der Waals surface area contributed by atoms with Crippen molar-refractivity contribution >= 4 is 50.0 Å². The van der Waals surface area contributed by atoms with Gasteiger partial charge in [-0.1, -0.05) is 0 Å². The Morgan fingerprint density at radius 1 is 0.953 bits per heavy atom. The molecule has 0 aliphatic carbocycles. The van der Waals surface area contributed by atoms with Gasteiger partial charge in [-0.25, -0.2) is 17.1 Å². The highest BCUT2D eigenvalue weighted by Crippen LogP contribution is 2.31. The van der Waals surface area contributed by atoms with Crippen LogP contribution in [0.2, 0.25) is 0 Å². The summed E-state index contributed by atoms with van der Waals surface area (Å²) in [5, 5.41) is 7.28. The maximum Gasteiger partial charge on any atom is 0.231 e. The molecule has 2 saturated heterocycles. The van der Waals surface area contributed by atoms with Crippen LogP contribution >= 0.6 is 0 Å². The number of anilines is 4. The lowest BCUT2D eigenvalue weighted by Gasteiger charge is -2.34. The molecule has 0 amide bonds. The van der Waals surface area contributed by atoms with Gasteiger partial charge in [0.1, 0.15) is 17.3 Å². The van der Waals surface area contributed by atoms with Crippen LogP contribution in [-0.2, 0) is 10.0 Å². The predicted molar refractivity (Wildman–Crippen MR) is 166 cm³/mol. The van der Waals surface area contributed by atoms with Crippen LogP contribution in [0.4, 0.5) is 27.5 Å². The summed E-state index contributed by atoms with van der Waals surface area (Å²) in [6.45, 7) is 4.80. The minimum absolute atomic E-state index is 0.0597. The lowest BCUT2D eigenvalue weighted by atomic mass is 10.0. The zero-order valence-electron chi connectivity index (χ0n) is 24.2. The molecule has 2 aromatic carbocycles. The number of benzene rings is 2. The summed E-state index contributed by atoms with van der Waals surface area (Å²) in [4.78, 5) is 30.7. The first-order valence-corrected chi connectivity index (χ1v) is 16.2. The molecule has 4 heterocycles. The number of piperidine rings is 1. The summed E-state index contributed by atoms with van der Waals surface area (Å²) in [5.74, 6) is 0.100. The maximum atomic E-state index is 13.5. The average Bonchev–Trinajstić information content (AvgIpc) is 3.42. The van der Waals surface area contributed by atoms with E-state index in [4.69, 9.17) is 4.98 Å². The number of fused-ring (bicyclic) bond motifs is 1. The highest BCUT2D eigenvalue weighted by atomic mass is 32.2. The van der Waals surface area contributed by atoms with Crippen molar-refractivity contribution in [2.24, 2.45) is 0 Å². The normalized spacial score (nSPS) is 17.3. The van der Waals surface area contributed by atoms with Gasteiger partial charge in [-0.2, -0.15) is 9.97 Å². The first-order chi connectivity index (χ1) is 20.6. The van der Waals surface area contributed by atoms with Crippen molar-refractivity contribution in [1.29, 1.82) is 0 Å². The smallest absolute Gasteiger partial charge is 0.231 e. The number of aromatic nitrogens is 3. The van der Waals surface area contributed by atoms with E-state index in [2.05, 4.69) is 49.6 Å². The van der Waals surface area contributed by atoms with E-state index in [1.807, 2.05) is 12.1 Å². The highest BCUT2D eigenvalue weighted by molar-refractivity contribution is 7.88. The summed E-state index contributed by atoms with van der Waals surface area (Å²) in [5.41, 5.74) is 3.15. The Morgan fingerprint density at radius 3 is 2.28 bits per heavy atom. The summed E-state index contributed by atoms with van der Waals surface area (Å²) in [7, 11) is -1.13. The van der Waals surface area contributed by atoms with Crippen molar-refractivity contribution in [3.63, 3.8) is 0 Å². The molecule has 0 spiro atoms. The van der Waals surface area contributed by atoms with Crippen molar-refractivity contribution in [2.45, 2.75) is 18.9 Å². The number of sulfonamides is 1. The van der Waals surface area contributed by atoms with Gasteiger partial charge in [-0.15, -0.1) is 0 Å². The molecule has 2 fully saturated rings. The van der Waals surface area contributed by atoms with Crippen LogP contribution in [0.5, 0.6) is 0 Å². The summed E-state index contributed by atoms with van der Waals surface area (Å²) >= 11 is 0. The van der Waals surface area contributed by atoms with E-state index in [1.54, 1.807) is 6.20 Å². The van der Waals surface area contributed by atoms with Gasteiger partial charge in [0.25, 0.3) is 0 Å². The van der Waals surface area contributed by atoms with Gasteiger partial charge in [0.15, 0.2) is 5.78 Å². The molecule has 6 rings (SSSR count). The number of nitrogens with one attached hydrogen (secondary N) is 3. The Kier molecular flexibility index (Phi) is 8.03. The highest BCUT2D eigenvalue weighted by Gasteiger charge is 2.27. The topological polar surface area (TPSA) is 127 Å². The van der Waals surface area contributed by atoms with Crippen molar-refractivity contribution in [1.82, 2.24) is 24.2 Å². The van der Waals surface area contributed by atoms with Gasteiger partial charge in [0.05, 0.1) is 17.2 Å². The first-order valence-electron chi connectivity index (χ1n) is 14.4. The molecule has 43 heavy (non-hydrogen) atoms. The Labute approximate surface area is 250 Å². The Hall–Kier alpha value is -4.07. The summed E-state index contributed by atoms with van der Waals surface area (Å²) < 4.78 is 39.0. The van der Waals surface area contributed by atoms with Crippen molar-refractivity contribution in [2.75, 3.05) is 68.1 Å². The number of rotatable bonds is 8. The maximum absolute atomic E-state index is 13.5. The molecule has 0 saturated carbocycles. The molecule has 4 aromatic rings. The molecule has 2 aliphatic heterocycles. The zero-order chi connectivity index (χ0) is 30.1. The third-order valence-corrected chi connectivity index (χ3v) is 9.44. The number of carbonyl (C=O) groups excluding carboxylic acids is 1. The first kappa shape index (κ1) is 29.0. The number of carbonyl (C=O) groups is 1. The zero-order valence-corrected chi connectivity index (χ0v) is 25.0. The number of aromatic amines is 1. The van der Waals surface area contributed by atoms with Crippen LogP contribution in [0.1, 0.15) is 28.8 Å². The summed E-state index contributed by atoms with van der Waals surface area (Å²) in [6.07, 6.45) is 3.98. The van der Waals surface area contributed by atoms with Crippen LogP contribution in [0, 0.1) is 5.82 Å². The fraction of sp³-hybridized carbons (Fsp3) is 0.367. The molecule has 2 aliphatic rings. The molecule has 0 bridgehead atoms. The van der Waals surface area contributed by atoms with Crippen LogP contribution in [0.3, 0.4) is 0 Å². The number of likely N-dealkylation sites (N-methyl/N-ethyl adjacent to an activating group) is 1. The minimum atomic E-state index is -3.27. The fourth-order valence-electron chi connectivity index (χ4n) is 5.60. The van der Waals surface area contributed by atoms with Crippen molar-refractivity contribution < 1.29 is 17.6 Å². The predicted octanol–water partition coefficient (Wildman–Crippen LogP) is 3.66. The number of ketones is 1. The second kappa shape index (κ2) is 11.9. The number of hydrogen-bond acceptors (Lipinski definition) is 9. The van der Waals surface area contributed by atoms with E-state index in [0.717, 1.165) is 37.6 Å². The lowest BCUT2D eigenvalue weighted by Crippen LogP contribution is -2.44. The quantitative estimate of drug-likeness (QED) is 0.258. The van der Waals surface area contributed by atoms with Gasteiger partial charge >= 0.3 is 0 Å². The van der Waals surface area contributed by atoms with Crippen LogP contribution in [0.25, 0.3) is 11.0 Å². The molecule has 226 valence electrons. The third kappa shape index (κ3) is 6.48. The Balaban J connectivity index is 1.29. The van der Waals surface area contributed by atoms with Gasteiger partial charge in [0, 0.05) is 68.4 Å². The van der Waals surface area contributed by atoms with Crippen LogP contribution < -0.4 is 15.5 Å². The number of piperazine rings is 1. The minimum Gasteiger partial charge on any atom is -0.369 e. The number of halogens is 1. The van der Waals surface area contributed by atoms with Crippen LogP contribution in [0.15, 0.2) is 54.7 Å². The molecule has 0 radical (unpaired) electrons. The van der Waals surface area contributed by atoms with Crippen LogP contribution in [-0.4, -0.2) is 97.0 Å². The second-order valence-corrected chi connectivity index (χ2v) is 13.2. The van der Waals surface area contributed by atoms with E-state index < -0.39 is 15.8 Å². The molecule has 3 N–H and O–H groups in total. The molecular formula is C30H35FN8O3S. The van der Waals surface area contributed by atoms with E-state index in [0.29, 0.717) is 59.9 Å². The van der Waals surface area contributed by atoms with Gasteiger partial charge in [-0.3, -0.25) is 4.79 Å². The fourth-order valence-corrected chi connectivity index (χ4v) is 6.48. The molecule has 11 nitrogen and oxygen atoms in total. The van der Waals surface area contributed by atoms with Gasteiger partial charge < -0.3 is 25.4 Å². The lowest BCUT2D eigenvalue weighted by molar-refractivity contribution is 0.104. The SMILES string of the molecule is CN1CCN(c2ccc(Nc3nc(NC4CCN(S(C)(=O)=O)CC4)c4c(C(=O)c5ccc(F)cc5)c[nH]c4n3)cc2)CC1. The molecular weight excluding hydrogens is 571 g/mol. The average molecular weight is 607 g/mol. The Bertz CT molecular complexity index is 1710. The second-order valence-electron chi connectivity index (χ2n) is 11.2. The van der Waals surface area contributed by atoms with E-state index >= 15 is 0 Å².